The number of amides is 2. The third-order valence-electron chi connectivity index (χ3n) is 5.57. The van der Waals surface area contributed by atoms with Gasteiger partial charge in [0.15, 0.2) is 0 Å². The minimum atomic E-state index is -0.309. The molecule has 0 aliphatic carbocycles. The molecular formula is C23H30N8O. The normalized spacial score (nSPS) is 11.3. The Morgan fingerprint density at radius 2 is 1.25 bits per heavy atom. The van der Waals surface area contributed by atoms with Crippen LogP contribution in [0.1, 0.15) is 50.7 Å². The number of rotatable bonds is 10. The summed E-state index contributed by atoms with van der Waals surface area (Å²) in [6.45, 7) is 4.83. The molecule has 0 aliphatic heterocycles. The lowest BCUT2D eigenvalue weighted by atomic mass is 10.1. The van der Waals surface area contributed by atoms with E-state index in [0.29, 0.717) is 0 Å². The highest BCUT2D eigenvalue weighted by Crippen LogP contribution is 2.16. The molecule has 2 heterocycles. The van der Waals surface area contributed by atoms with Gasteiger partial charge in [0.05, 0.1) is 11.0 Å². The van der Waals surface area contributed by atoms with Crippen LogP contribution in [0.25, 0.3) is 22.1 Å². The van der Waals surface area contributed by atoms with Crippen molar-refractivity contribution in [3.63, 3.8) is 0 Å². The first kappa shape index (κ1) is 21.7. The first-order chi connectivity index (χ1) is 15.7. The maximum Gasteiger partial charge on any atom is 0.317 e. The minimum absolute atomic E-state index is 0.232. The Bertz CT molecular complexity index is 1100. The molecule has 0 bridgehead atoms. The van der Waals surface area contributed by atoms with Crippen molar-refractivity contribution in [2.24, 2.45) is 0 Å². The molecule has 4 rings (SSSR count). The van der Waals surface area contributed by atoms with Crippen molar-refractivity contribution in [1.82, 2.24) is 40.6 Å². The number of benzene rings is 2. The van der Waals surface area contributed by atoms with Gasteiger partial charge >= 0.3 is 6.03 Å². The summed E-state index contributed by atoms with van der Waals surface area (Å²) >= 11 is 0. The summed E-state index contributed by atoms with van der Waals surface area (Å²) < 4.78 is 3.36. The van der Waals surface area contributed by atoms with E-state index >= 15 is 0 Å². The van der Waals surface area contributed by atoms with Gasteiger partial charge < -0.3 is 10.6 Å². The fourth-order valence-electron chi connectivity index (χ4n) is 3.70. The lowest BCUT2D eigenvalue weighted by Gasteiger charge is -2.09. The smallest absolute Gasteiger partial charge is 0.317 e. The highest BCUT2D eigenvalue weighted by Gasteiger charge is 2.09. The number of nitrogens with one attached hydrogen (secondary N) is 2. The monoisotopic (exact) mass is 434 g/mol. The van der Waals surface area contributed by atoms with Crippen LogP contribution in [0.2, 0.25) is 0 Å². The number of carbonyl (C=O) groups excluding carboxylic acids is 1. The molecule has 2 amide bonds. The summed E-state index contributed by atoms with van der Waals surface area (Å²) in [5.41, 5.74) is 5.99. The first-order valence-electron chi connectivity index (χ1n) is 11.3. The zero-order valence-corrected chi connectivity index (χ0v) is 18.7. The van der Waals surface area contributed by atoms with Crippen molar-refractivity contribution >= 4 is 28.1 Å². The van der Waals surface area contributed by atoms with Crippen LogP contribution < -0.4 is 10.6 Å². The van der Waals surface area contributed by atoms with Gasteiger partial charge in [-0.05, 0) is 61.1 Å². The van der Waals surface area contributed by atoms with Crippen LogP contribution >= 0.6 is 0 Å². The molecule has 168 valence electrons. The van der Waals surface area contributed by atoms with Gasteiger partial charge in [-0.25, -0.2) is 14.2 Å². The number of nitrogens with zero attached hydrogens (tertiary/aromatic N) is 6. The van der Waals surface area contributed by atoms with Gasteiger partial charge in [-0.2, -0.15) is 0 Å². The fraction of sp³-hybridized carbons (Fsp3) is 0.435. The number of hydrogen-bond donors (Lipinski definition) is 2. The van der Waals surface area contributed by atoms with E-state index in [1.165, 1.54) is 11.1 Å². The molecular weight excluding hydrogens is 404 g/mol. The third-order valence-corrected chi connectivity index (χ3v) is 5.57. The SMILES string of the molecule is CCCCc1ccc2c(c1)nnn2CNC(=O)NCn1nnc2cc(CCCC)ccc21. The maximum atomic E-state index is 12.3. The summed E-state index contributed by atoms with van der Waals surface area (Å²) in [6, 6.07) is 12.0. The van der Waals surface area contributed by atoms with Crippen LogP contribution in [0.3, 0.4) is 0 Å². The lowest BCUT2D eigenvalue weighted by molar-refractivity contribution is 0.234. The Hall–Kier alpha value is -3.49. The van der Waals surface area contributed by atoms with E-state index < -0.39 is 0 Å². The lowest BCUT2D eigenvalue weighted by Crippen LogP contribution is -2.37. The summed E-state index contributed by atoms with van der Waals surface area (Å²) in [5.74, 6) is 0. The van der Waals surface area contributed by atoms with Gasteiger partial charge in [-0.15, -0.1) is 10.2 Å². The van der Waals surface area contributed by atoms with Crippen molar-refractivity contribution in [3.05, 3.63) is 47.5 Å². The Balaban J connectivity index is 1.31. The molecule has 0 saturated heterocycles. The number of aryl methyl sites for hydroxylation is 2. The Kier molecular flexibility index (Phi) is 6.94. The van der Waals surface area contributed by atoms with Crippen molar-refractivity contribution < 1.29 is 4.79 Å². The summed E-state index contributed by atoms with van der Waals surface area (Å²) in [6.07, 6.45) is 6.71. The number of hydrogen-bond acceptors (Lipinski definition) is 5. The second kappa shape index (κ2) is 10.2. The van der Waals surface area contributed by atoms with Gasteiger partial charge in [-0.1, -0.05) is 49.2 Å². The molecule has 2 aromatic carbocycles. The van der Waals surface area contributed by atoms with Gasteiger partial charge in [0.1, 0.15) is 24.4 Å². The van der Waals surface area contributed by atoms with Crippen molar-refractivity contribution in [2.75, 3.05) is 0 Å². The molecule has 0 saturated carbocycles. The van der Waals surface area contributed by atoms with E-state index in [1.807, 2.05) is 12.1 Å². The van der Waals surface area contributed by atoms with Crippen LogP contribution in [0.5, 0.6) is 0 Å². The molecule has 32 heavy (non-hydrogen) atoms. The van der Waals surface area contributed by atoms with Crippen molar-refractivity contribution in [1.29, 1.82) is 0 Å². The molecule has 0 aliphatic rings. The molecule has 0 unspecified atom stereocenters. The standard InChI is InChI=1S/C23H30N8O/c1-3-5-7-17-9-11-21-19(13-17)26-28-30(21)15-24-23(32)25-16-31-22-12-10-18(8-6-4-2)14-20(22)27-29-31/h9-14H,3-8,15-16H2,1-2H3,(H2,24,25,32). The average molecular weight is 435 g/mol. The van der Waals surface area contributed by atoms with Crippen molar-refractivity contribution in [3.8, 4) is 0 Å². The second-order valence-corrected chi connectivity index (χ2v) is 8.03. The third kappa shape index (κ3) is 5.04. The quantitative estimate of drug-likeness (QED) is 0.395. The predicted octanol–water partition coefficient (Wildman–Crippen LogP) is 3.78. The summed E-state index contributed by atoms with van der Waals surface area (Å²) in [5, 5.41) is 22.4. The van der Waals surface area contributed by atoms with E-state index in [9.17, 15) is 4.79 Å². The van der Waals surface area contributed by atoms with Gasteiger partial charge in [0.25, 0.3) is 0 Å². The van der Waals surface area contributed by atoms with Crippen LogP contribution in [0.15, 0.2) is 36.4 Å². The predicted molar refractivity (Wildman–Crippen MR) is 124 cm³/mol. The van der Waals surface area contributed by atoms with Gasteiger partial charge in [0.2, 0.25) is 0 Å². The topological polar surface area (TPSA) is 103 Å². The Labute approximate surface area is 187 Å². The van der Waals surface area contributed by atoms with E-state index in [-0.39, 0.29) is 19.4 Å². The van der Waals surface area contributed by atoms with Gasteiger partial charge in [0, 0.05) is 0 Å². The number of urea groups is 1. The highest BCUT2D eigenvalue weighted by atomic mass is 16.2. The van der Waals surface area contributed by atoms with E-state index in [0.717, 1.165) is 60.6 Å². The zero-order chi connectivity index (χ0) is 22.3. The van der Waals surface area contributed by atoms with E-state index in [1.54, 1.807) is 9.36 Å². The largest absolute Gasteiger partial charge is 0.319 e. The molecule has 2 N–H and O–H groups in total. The molecule has 2 aromatic heterocycles. The highest BCUT2D eigenvalue weighted by molar-refractivity contribution is 5.77. The molecule has 4 aromatic rings. The van der Waals surface area contributed by atoms with Gasteiger partial charge in [-0.3, -0.25) is 0 Å². The Morgan fingerprint density at radius 1 is 0.781 bits per heavy atom. The fourth-order valence-corrected chi connectivity index (χ4v) is 3.70. The summed E-state index contributed by atoms with van der Waals surface area (Å²) in [7, 11) is 0. The minimum Gasteiger partial charge on any atom is -0.319 e. The maximum absolute atomic E-state index is 12.3. The summed E-state index contributed by atoms with van der Waals surface area (Å²) in [4.78, 5) is 12.3. The molecule has 9 heteroatoms. The van der Waals surface area contributed by atoms with Crippen LogP contribution in [0, 0.1) is 0 Å². The molecule has 0 atom stereocenters. The molecule has 9 nitrogen and oxygen atoms in total. The Morgan fingerprint density at radius 3 is 1.69 bits per heavy atom. The average Bonchev–Trinajstić information content (AvgIpc) is 3.41. The molecule has 0 fully saturated rings. The van der Waals surface area contributed by atoms with Crippen LogP contribution in [-0.4, -0.2) is 36.0 Å². The van der Waals surface area contributed by atoms with Crippen molar-refractivity contribution in [2.45, 2.75) is 65.7 Å². The molecule has 0 radical (unpaired) electrons. The second-order valence-electron chi connectivity index (χ2n) is 8.03. The number of carbonyl (C=O) groups is 1. The van der Waals surface area contributed by atoms with E-state index in [4.69, 9.17) is 0 Å². The number of fused-ring (bicyclic) bond motifs is 2. The number of unbranched alkanes of at least 4 members (excludes halogenated alkanes) is 2. The van der Waals surface area contributed by atoms with Crippen LogP contribution in [0.4, 0.5) is 4.79 Å². The van der Waals surface area contributed by atoms with E-state index in [2.05, 4.69) is 69.4 Å². The zero-order valence-electron chi connectivity index (χ0n) is 18.7. The van der Waals surface area contributed by atoms with Crippen LogP contribution in [-0.2, 0) is 26.2 Å². The first-order valence-corrected chi connectivity index (χ1v) is 11.3. The molecule has 0 spiro atoms. The number of aromatic nitrogens is 6.